The lowest BCUT2D eigenvalue weighted by atomic mass is 10.1. The third-order valence-electron chi connectivity index (χ3n) is 4.74. The van der Waals surface area contributed by atoms with Crippen LogP contribution >= 0.6 is 11.8 Å². The van der Waals surface area contributed by atoms with Crippen molar-refractivity contribution < 1.29 is 13.6 Å². The molecule has 4 aromatic rings. The number of rotatable bonds is 8. The quantitative estimate of drug-likeness (QED) is 0.397. The fourth-order valence-electron chi connectivity index (χ4n) is 3.17. The number of carbonyl (C=O) groups excluding carboxylic acids is 1. The summed E-state index contributed by atoms with van der Waals surface area (Å²) in [5.74, 6) is -0.342. The molecule has 162 valence electrons. The molecule has 3 aromatic carbocycles. The molecule has 0 fully saturated rings. The molecule has 0 atom stereocenters. The second kappa shape index (κ2) is 10.2. The molecule has 0 saturated heterocycles. The van der Waals surface area contributed by atoms with Crippen LogP contribution in [0.2, 0.25) is 0 Å². The van der Waals surface area contributed by atoms with Crippen LogP contribution in [0.15, 0.2) is 84.0 Å². The molecule has 1 aromatic heterocycles. The van der Waals surface area contributed by atoms with E-state index in [9.17, 15) is 13.6 Å². The van der Waals surface area contributed by atoms with Crippen molar-refractivity contribution in [1.82, 2.24) is 20.1 Å². The molecule has 0 unspecified atom stereocenters. The molecule has 1 N–H and O–H groups in total. The molecule has 0 aliphatic heterocycles. The molecule has 0 aliphatic carbocycles. The topological polar surface area (TPSA) is 59.8 Å². The van der Waals surface area contributed by atoms with Crippen molar-refractivity contribution in [3.05, 3.63) is 96.1 Å². The monoisotopic (exact) mass is 450 g/mol. The fourth-order valence-corrected chi connectivity index (χ4v) is 3.95. The number of benzene rings is 3. The summed E-state index contributed by atoms with van der Waals surface area (Å²) in [6.45, 7) is 0.441. The minimum atomic E-state index is -0.396. The third-order valence-corrected chi connectivity index (χ3v) is 5.67. The maximum atomic E-state index is 14.4. The lowest BCUT2D eigenvalue weighted by Gasteiger charge is -2.11. The largest absolute Gasteiger partial charge is 0.355 e. The third kappa shape index (κ3) is 5.20. The molecule has 5 nitrogen and oxygen atoms in total. The summed E-state index contributed by atoms with van der Waals surface area (Å²) in [5, 5.41) is 11.8. The van der Waals surface area contributed by atoms with E-state index < -0.39 is 5.82 Å². The maximum Gasteiger partial charge on any atom is 0.230 e. The van der Waals surface area contributed by atoms with Crippen LogP contribution in [0, 0.1) is 11.6 Å². The lowest BCUT2D eigenvalue weighted by Crippen LogP contribution is -2.27. The molecular weight excluding hydrogens is 430 g/mol. The molecule has 0 bridgehead atoms. The van der Waals surface area contributed by atoms with E-state index in [2.05, 4.69) is 15.5 Å². The van der Waals surface area contributed by atoms with Crippen molar-refractivity contribution in [3.8, 4) is 17.1 Å². The number of halogens is 2. The Morgan fingerprint density at radius 1 is 0.906 bits per heavy atom. The zero-order chi connectivity index (χ0) is 22.3. The Bertz CT molecular complexity index is 1200. The highest BCUT2D eigenvalue weighted by atomic mass is 32.2. The lowest BCUT2D eigenvalue weighted by molar-refractivity contribution is -0.118. The van der Waals surface area contributed by atoms with Gasteiger partial charge in [0, 0.05) is 12.2 Å². The van der Waals surface area contributed by atoms with Crippen molar-refractivity contribution in [1.29, 1.82) is 0 Å². The number of amides is 1. The summed E-state index contributed by atoms with van der Waals surface area (Å²) in [4.78, 5) is 12.3. The van der Waals surface area contributed by atoms with Gasteiger partial charge in [0.05, 0.1) is 11.3 Å². The van der Waals surface area contributed by atoms with Gasteiger partial charge in [-0.3, -0.25) is 9.36 Å². The van der Waals surface area contributed by atoms with E-state index in [0.29, 0.717) is 29.5 Å². The molecule has 1 amide bonds. The zero-order valence-electron chi connectivity index (χ0n) is 17.0. The highest BCUT2D eigenvalue weighted by molar-refractivity contribution is 7.99. The van der Waals surface area contributed by atoms with Gasteiger partial charge in [-0.1, -0.05) is 54.2 Å². The highest BCUT2D eigenvalue weighted by Crippen LogP contribution is 2.29. The molecule has 8 heteroatoms. The van der Waals surface area contributed by atoms with Crippen LogP contribution in [0.25, 0.3) is 17.1 Å². The van der Waals surface area contributed by atoms with Gasteiger partial charge in [0.25, 0.3) is 0 Å². The van der Waals surface area contributed by atoms with Gasteiger partial charge in [-0.2, -0.15) is 0 Å². The number of aromatic nitrogens is 3. The highest BCUT2D eigenvalue weighted by Gasteiger charge is 2.19. The van der Waals surface area contributed by atoms with Gasteiger partial charge in [-0.15, -0.1) is 10.2 Å². The molecule has 0 saturated carbocycles. The van der Waals surface area contributed by atoms with Crippen LogP contribution in [-0.2, 0) is 11.2 Å². The zero-order valence-corrected chi connectivity index (χ0v) is 17.9. The van der Waals surface area contributed by atoms with E-state index in [1.807, 2.05) is 30.3 Å². The number of carbonyl (C=O) groups is 1. The van der Waals surface area contributed by atoms with Crippen molar-refractivity contribution in [2.24, 2.45) is 0 Å². The fraction of sp³-hybridized carbons (Fsp3) is 0.125. The molecular formula is C24H20F2N4OS. The molecule has 0 spiro atoms. The Morgan fingerprint density at radius 2 is 1.62 bits per heavy atom. The minimum Gasteiger partial charge on any atom is -0.355 e. The van der Waals surface area contributed by atoms with Crippen molar-refractivity contribution in [2.75, 3.05) is 12.3 Å². The van der Waals surface area contributed by atoms with Crippen molar-refractivity contribution in [3.63, 3.8) is 0 Å². The minimum absolute atomic E-state index is 0.131. The van der Waals surface area contributed by atoms with Gasteiger partial charge in [0.2, 0.25) is 5.91 Å². The predicted molar refractivity (Wildman–Crippen MR) is 121 cm³/mol. The molecule has 32 heavy (non-hydrogen) atoms. The second-order valence-corrected chi connectivity index (χ2v) is 7.91. The van der Waals surface area contributed by atoms with Crippen LogP contribution in [0.3, 0.4) is 0 Å². The van der Waals surface area contributed by atoms with Gasteiger partial charge >= 0.3 is 0 Å². The molecule has 4 rings (SSSR count). The molecule has 0 aliphatic rings. The Morgan fingerprint density at radius 3 is 2.38 bits per heavy atom. The molecule has 1 heterocycles. The standard InChI is InChI=1S/C24H20F2N4OS/c25-18-12-10-17(11-13-18)14-15-27-22(31)16-32-24-29-28-23(20-8-4-5-9-21(20)26)30(24)19-6-2-1-3-7-19/h1-13H,14-16H2,(H,27,31). The number of nitrogens with one attached hydrogen (secondary N) is 1. The summed E-state index contributed by atoms with van der Waals surface area (Å²) in [5.41, 5.74) is 2.05. The van der Waals surface area contributed by atoms with Gasteiger partial charge < -0.3 is 5.32 Å². The van der Waals surface area contributed by atoms with Gasteiger partial charge in [0.1, 0.15) is 11.6 Å². The Labute approximate surface area is 188 Å². The van der Waals surface area contributed by atoms with Crippen LogP contribution in [0.1, 0.15) is 5.56 Å². The van der Waals surface area contributed by atoms with E-state index in [-0.39, 0.29) is 17.5 Å². The normalized spacial score (nSPS) is 10.8. The van der Waals surface area contributed by atoms with Crippen molar-refractivity contribution in [2.45, 2.75) is 11.6 Å². The first-order chi connectivity index (χ1) is 15.6. The Balaban J connectivity index is 1.46. The average molecular weight is 451 g/mol. The van der Waals surface area contributed by atoms with Crippen LogP contribution in [0.5, 0.6) is 0 Å². The first-order valence-electron chi connectivity index (χ1n) is 10.0. The number of hydrogen-bond donors (Lipinski definition) is 1. The summed E-state index contributed by atoms with van der Waals surface area (Å²) >= 11 is 1.22. The summed E-state index contributed by atoms with van der Waals surface area (Å²) in [6.07, 6.45) is 0.605. The summed E-state index contributed by atoms with van der Waals surface area (Å²) in [7, 11) is 0. The van der Waals surface area contributed by atoms with E-state index in [4.69, 9.17) is 0 Å². The second-order valence-electron chi connectivity index (χ2n) is 6.97. The van der Waals surface area contributed by atoms with E-state index in [0.717, 1.165) is 11.3 Å². The summed E-state index contributed by atoms with van der Waals surface area (Å²) in [6, 6.07) is 22.0. The number of hydrogen-bond acceptors (Lipinski definition) is 4. The van der Waals surface area contributed by atoms with E-state index in [1.165, 1.54) is 30.0 Å². The first kappa shape index (κ1) is 21.7. The Kier molecular flexibility index (Phi) is 6.91. The van der Waals surface area contributed by atoms with Crippen molar-refractivity contribution >= 4 is 17.7 Å². The number of nitrogens with zero attached hydrogens (tertiary/aromatic N) is 3. The molecule has 0 radical (unpaired) electrons. The van der Waals surface area contributed by atoms with E-state index >= 15 is 0 Å². The van der Waals surface area contributed by atoms with E-state index in [1.54, 1.807) is 34.9 Å². The van der Waals surface area contributed by atoms with Gasteiger partial charge in [0.15, 0.2) is 11.0 Å². The van der Waals surface area contributed by atoms with Gasteiger partial charge in [-0.25, -0.2) is 8.78 Å². The number of para-hydroxylation sites is 1. The SMILES string of the molecule is O=C(CSc1nnc(-c2ccccc2F)n1-c1ccccc1)NCCc1ccc(F)cc1. The smallest absolute Gasteiger partial charge is 0.230 e. The van der Waals surface area contributed by atoms with Crippen LogP contribution in [0.4, 0.5) is 8.78 Å². The predicted octanol–water partition coefficient (Wildman–Crippen LogP) is 4.66. The average Bonchev–Trinajstić information content (AvgIpc) is 3.23. The summed E-state index contributed by atoms with van der Waals surface area (Å²) < 4.78 is 29.1. The number of thioether (sulfide) groups is 1. The first-order valence-corrected chi connectivity index (χ1v) is 11.0. The Hall–Kier alpha value is -3.52. The van der Waals surface area contributed by atoms with Crippen LogP contribution in [-0.4, -0.2) is 33.0 Å². The van der Waals surface area contributed by atoms with Crippen LogP contribution < -0.4 is 5.32 Å². The maximum absolute atomic E-state index is 14.4. The van der Waals surface area contributed by atoms with Gasteiger partial charge in [-0.05, 0) is 48.4 Å².